The number of nitrogens with zero attached hydrogens (tertiary/aromatic N) is 2. The van der Waals surface area contributed by atoms with Crippen molar-refractivity contribution in [1.29, 1.82) is 0 Å². The zero-order chi connectivity index (χ0) is 14.4. The van der Waals surface area contributed by atoms with Crippen LogP contribution >= 0.6 is 0 Å². The second-order valence-electron chi connectivity index (χ2n) is 5.89. The number of aromatic nitrogens is 2. The van der Waals surface area contributed by atoms with Crippen molar-refractivity contribution in [3.8, 4) is 12.3 Å². The number of nitrogens with one attached hydrogen (secondary N) is 2. The van der Waals surface area contributed by atoms with Gasteiger partial charge < -0.3 is 15.0 Å². The van der Waals surface area contributed by atoms with Crippen LogP contribution in [0, 0.1) is 18.3 Å². The quantitative estimate of drug-likeness (QED) is 0.800. The average Bonchev–Trinajstić information content (AvgIpc) is 3.20. The van der Waals surface area contributed by atoms with E-state index in [1.807, 2.05) is 16.7 Å². The highest BCUT2D eigenvalue weighted by molar-refractivity contribution is 5.92. The molecule has 0 aromatic carbocycles. The number of fused-ring (bicyclic) bond motifs is 3. The summed E-state index contributed by atoms with van der Waals surface area (Å²) in [4.78, 5) is 16.6. The zero-order valence-electron chi connectivity index (χ0n) is 11.5. The van der Waals surface area contributed by atoms with Crippen molar-refractivity contribution >= 4 is 11.4 Å². The van der Waals surface area contributed by atoms with Gasteiger partial charge in [0.05, 0.1) is 11.7 Å². The summed E-state index contributed by atoms with van der Waals surface area (Å²) in [6.07, 6.45) is 12.8. The molecule has 0 spiro atoms. The lowest BCUT2D eigenvalue weighted by molar-refractivity contribution is 0.0919. The summed E-state index contributed by atoms with van der Waals surface area (Å²) < 4.78 is 1.85. The second-order valence-corrected chi connectivity index (χ2v) is 5.89. The Kier molecular flexibility index (Phi) is 2.72. The van der Waals surface area contributed by atoms with Crippen LogP contribution in [-0.2, 0) is 0 Å². The van der Waals surface area contributed by atoms with E-state index in [0.717, 1.165) is 24.0 Å². The second kappa shape index (κ2) is 4.61. The fourth-order valence-electron chi connectivity index (χ4n) is 3.46. The van der Waals surface area contributed by atoms with Gasteiger partial charge in [-0.25, -0.2) is 4.98 Å². The van der Waals surface area contributed by atoms with Gasteiger partial charge in [-0.2, -0.15) is 0 Å². The molecule has 1 aliphatic carbocycles. The van der Waals surface area contributed by atoms with Crippen molar-refractivity contribution in [2.45, 2.75) is 24.9 Å². The third-order valence-electron chi connectivity index (χ3n) is 4.56. The number of amides is 1. The lowest BCUT2D eigenvalue weighted by Crippen LogP contribution is -2.44. The van der Waals surface area contributed by atoms with Gasteiger partial charge in [-0.3, -0.25) is 4.79 Å². The minimum atomic E-state index is -0.106. The van der Waals surface area contributed by atoms with E-state index >= 15 is 0 Å². The van der Waals surface area contributed by atoms with E-state index in [-0.39, 0.29) is 11.9 Å². The maximum Gasteiger partial charge on any atom is 0.271 e. The number of rotatable bonds is 2. The van der Waals surface area contributed by atoms with Crippen LogP contribution < -0.4 is 10.6 Å². The molecule has 2 fully saturated rings. The number of piperidine rings is 1. The smallest absolute Gasteiger partial charge is 0.271 e. The number of carbonyl (C=O) groups is 1. The lowest BCUT2D eigenvalue weighted by Gasteiger charge is -2.23. The standard InChI is InChI=1S/C16H16N4O/c1-2-10-3-13-7-18-15(9-20(13)8-10)16(21)19-14-5-12-4-11(14)6-17-12/h1,3,7-9,11-12,14,17H,4-6H2,(H,19,21). The molecule has 2 bridgehead atoms. The third-order valence-corrected chi connectivity index (χ3v) is 4.56. The molecule has 3 heterocycles. The highest BCUT2D eigenvalue weighted by Crippen LogP contribution is 2.31. The molecule has 3 atom stereocenters. The van der Waals surface area contributed by atoms with Gasteiger partial charge in [-0.1, -0.05) is 5.92 Å². The minimum Gasteiger partial charge on any atom is -0.348 e. The van der Waals surface area contributed by atoms with Crippen molar-refractivity contribution in [3.63, 3.8) is 0 Å². The van der Waals surface area contributed by atoms with E-state index in [0.29, 0.717) is 17.7 Å². The Hall–Kier alpha value is -2.32. The number of hydrogen-bond donors (Lipinski definition) is 2. The van der Waals surface area contributed by atoms with Crippen LogP contribution in [0.15, 0.2) is 24.7 Å². The average molecular weight is 280 g/mol. The predicted molar refractivity (Wildman–Crippen MR) is 78.9 cm³/mol. The summed E-state index contributed by atoms with van der Waals surface area (Å²) in [5, 5.41) is 6.56. The van der Waals surface area contributed by atoms with Crippen molar-refractivity contribution in [3.05, 3.63) is 35.9 Å². The molecule has 5 heteroatoms. The van der Waals surface area contributed by atoms with Crippen LogP contribution in [0.3, 0.4) is 0 Å². The predicted octanol–water partition coefficient (Wildman–Crippen LogP) is 0.796. The molecule has 1 aliphatic heterocycles. The van der Waals surface area contributed by atoms with E-state index in [2.05, 4.69) is 21.5 Å². The Bertz CT molecular complexity index is 757. The van der Waals surface area contributed by atoms with Crippen LogP contribution in [0.25, 0.3) is 5.52 Å². The van der Waals surface area contributed by atoms with E-state index in [1.54, 1.807) is 12.4 Å². The summed E-state index contributed by atoms with van der Waals surface area (Å²) in [6, 6.07) is 2.71. The lowest BCUT2D eigenvalue weighted by atomic mass is 10.0. The maximum atomic E-state index is 12.3. The van der Waals surface area contributed by atoms with E-state index in [4.69, 9.17) is 6.42 Å². The van der Waals surface area contributed by atoms with Gasteiger partial charge >= 0.3 is 0 Å². The third kappa shape index (κ3) is 2.08. The molecule has 1 saturated carbocycles. The molecule has 2 aromatic rings. The van der Waals surface area contributed by atoms with Crippen molar-refractivity contribution < 1.29 is 4.79 Å². The summed E-state index contributed by atoms with van der Waals surface area (Å²) in [7, 11) is 0. The molecule has 21 heavy (non-hydrogen) atoms. The SMILES string of the molecule is C#Cc1cc2cnc(C(=O)NC3CC4CC3CN4)cn2c1. The molecule has 1 saturated heterocycles. The maximum absolute atomic E-state index is 12.3. The van der Waals surface area contributed by atoms with Crippen molar-refractivity contribution in [2.75, 3.05) is 6.54 Å². The van der Waals surface area contributed by atoms with Crippen LogP contribution in [0.5, 0.6) is 0 Å². The van der Waals surface area contributed by atoms with Gasteiger partial charge in [0.15, 0.2) is 0 Å². The van der Waals surface area contributed by atoms with Gasteiger partial charge in [0.2, 0.25) is 0 Å². The summed E-state index contributed by atoms with van der Waals surface area (Å²) >= 11 is 0. The Balaban J connectivity index is 1.55. The van der Waals surface area contributed by atoms with Crippen LogP contribution in [0.1, 0.15) is 28.9 Å². The molecule has 5 nitrogen and oxygen atoms in total. The molecule has 2 N–H and O–H groups in total. The molecule has 2 aromatic heterocycles. The van der Waals surface area contributed by atoms with E-state index in [9.17, 15) is 4.79 Å². The monoisotopic (exact) mass is 280 g/mol. The number of hydrogen-bond acceptors (Lipinski definition) is 3. The number of carbonyl (C=O) groups excluding carboxylic acids is 1. The molecule has 0 radical (unpaired) electrons. The Labute approximate surface area is 122 Å². The van der Waals surface area contributed by atoms with Crippen LogP contribution in [-0.4, -0.2) is 33.9 Å². The van der Waals surface area contributed by atoms with Crippen LogP contribution in [0.2, 0.25) is 0 Å². The highest BCUT2D eigenvalue weighted by Gasteiger charge is 2.40. The normalized spacial score (nSPS) is 26.9. The summed E-state index contributed by atoms with van der Waals surface area (Å²) in [5.74, 6) is 3.04. The van der Waals surface area contributed by atoms with Crippen LogP contribution in [0.4, 0.5) is 0 Å². The minimum absolute atomic E-state index is 0.106. The van der Waals surface area contributed by atoms with Crippen molar-refractivity contribution in [1.82, 2.24) is 20.0 Å². The van der Waals surface area contributed by atoms with Gasteiger partial charge in [-0.05, 0) is 24.8 Å². The molecular formula is C16H16N4O. The van der Waals surface area contributed by atoms with Gasteiger partial charge in [-0.15, -0.1) is 6.42 Å². The van der Waals surface area contributed by atoms with Gasteiger partial charge in [0.25, 0.3) is 5.91 Å². The first kappa shape index (κ1) is 12.4. The topological polar surface area (TPSA) is 58.4 Å². The first-order valence-electron chi connectivity index (χ1n) is 7.21. The fourth-order valence-corrected chi connectivity index (χ4v) is 3.46. The Morgan fingerprint density at radius 1 is 1.48 bits per heavy atom. The summed E-state index contributed by atoms with van der Waals surface area (Å²) in [6.45, 7) is 1.01. The van der Waals surface area contributed by atoms with E-state index < -0.39 is 0 Å². The largest absolute Gasteiger partial charge is 0.348 e. The molecule has 4 rings (SSSR count). The molecular weight excluding hydrogens is 264 g/mol. The highest BCUT2D eigenvalue weighted by atomic mass is 16.2. The molecule has 2 aliphatic rings. The first-order chi connectivity index (χ1) is 10.2. The molecule has 106 valence electrons. The number of terminal acetylenes is 1. The van der Waals surface area contributed by atoms with Crippen molar-refractivity contribution in [2.24, 2.45) is 5.92 Å². The molecule has 3 unspecified atom stereocenters. The fraction of sp³-hybridized carbons (Fsp3) is 0.375. The van der Waals surface area contributed by atoms with E-state index in [1.165, 1.54) is 6.42 Å². The van der Waals surface area contributed by atoms with Gasteiger partial charge in [0, 0.05) is 36.6 Å². The van der Waals surface area contributed by atoms with Gasteiger partial charge in [0.1, 0.15) is 5.69 Å². The summed E-state index contributed by atoms with van der Waals surface area (Å²) in [5.41, 5.74) is 2.11. The Morgan fingerprint density at radius 2 is 2.38 bits per heavy atom. The zero-order valence-corrected chi connectivity index (χ0v) is 11.5. The first-order valence-corrected chi connectivity index (χ1v) is 7.21. The Morgan fingerprint density at radius 3 is 3.10 bits per heavy atom. The molecule has 1 amide bonds.